The zero-order valence-electron chi connectivity index (χ0n) is 13.0. The molecule has 2 rings (SSSR count). The summed E-state index contributed by atoms with van der Waals surface area (Å²) in [6, 6.07) is 13.9. The van der Waals surface area contributed by atoms with E-state index in [2.05, 4.69) is 16.2 Å². The Labute approximate surface area is 136 Å². The summed E-state index contributed by atoms with van der Waals surface area (Å²) in [6.07, 6.45) is 0. The Morgan fingerprint density at radius 1 is 1.00 bits per heavy atom. The molecule has 5 heteroatoms. The van der Waals surface area contributed by atoms with E-state index in [0.717, 1.165) is 0 Å². The molecule has 0 atom stereocenters. The molecule has 2 N–H and O–H groups in total. The highest BCUT2D eigenvalue weighted by atomic mass is 35.5. The maximum atomic E-state index is 12.9. The molecule has 0 saturated heterocycles. The number of hydrogen-bond acceptors (Lipinski definition) is 2. The average Bonchev–Trinajstić information content (AvgIpc) is 2.49. The van der Waals surface area contributed by atoms with Crippen LogP contribution in [0.2, 0.25) is 0 Å². The van der Waals surface area contributed by atoms with E-state index >= 15 is 0 Å². The van der Waals surface area contributed by atoms with Crippen LogP contribution in [0.25, 0.3) is 0 Å². The minimum atomic E-state index is -0.458. The van der Waals surface area contributed by atoms with Crippen molar-refractivity contribution >= 4 is 11.9 Å². The quantitative estimate of drug-likeness (QED) is 0.839. The van der Waals surface area contributed by atoms with Crippen LogP contribution in [0.3, 0.4) is 0 Å². The lowest BCUT2D eigenvalue weighted by Gasteiger charge is -2.06. The molecule has 0 aliphatic heterocycles. The van der Waals surface area contributed by atoms with E-state index in [1.54, 1.807) is 13.8 Å². The van der Waals surface area contributed by atoms with Crippen LogP contribution < -0.4 is 5.73 Å². The van der Waals surface area contributed by atoms with Crippen molar-refractivity contribution in [3.05, 3.63) is 71.3 Å². The van der Waals surface area contributed by atoms with E-state index in [0.29, 0.717) is 6.54 Å². The number of benzene rings is 2. The molecule has 22 heavy (non-hydrogen) atoms. The third kappa shape index (κ3) is 8.08. The van der Waals surface area contributed by atoms with E-state index in [-0.39, 0.29) is 11.5 Å². The van der Waals surface area contributed by atoms with Gasteiger partial charge in [-0.05, 0) is 23.6 Å². The van der Waals surface area contributed by atoms with Crippen LogP contribution in [0.1, 0.15) is 30.9 Å². The van der Waals surface area contributed by atoms with Crippen molar-refractivity contribution in [2.45, 2.75) is 26.3 Å². The zero-order valence-corrected chi connectivity index (χ0v) is 13.8. The molecule has 0 aromatic heterocycles. The highest BCUT2D eigenvalue weighted by Gasteiger charge is 2.10. The topological polar surface area (TPSA) is 35.2 Å². The molecule has 0 aliphatic rings. The lowest BCUT2D eigenvalue weighted by molar-refractivity contribution is 0.463. The van der Waals surface area contributed by atoms with Crippen LogP contribution >= 0.6 is 11.9 Å². The minimum Gasteiger partial charge on any atom is -0.326 e. The van der Waals surface area contributed by atoms with Gasteiger partial charge >= 0.3 is 0 Å². The second kappa shape index (κ2) is 12.1. The molecule has 2 nitrogen and oxygen atoms in total. The van der Waals surface area contributed by atoms with Crippen molar-refractivity contribution in [3.63, 3.8) is 0 Å². The highest BCUT2D eigenvalue weighted by Crippen LogP contribution is 2.20. The van der Waals surface area contributed by atoms with Crippen molar-refractivity contribution in [2.24, 2.45) is 5.73 Å². The lowest BCUT2D eigenvalue weighted by Crippen LogP contribution is -1.96. The molecule has 0 heterocycles. The highest BCUT2D eigenvalue weighted by molar-refractivity contribution is 6.07. The largest absolute Gasteiger partial charge is 0.326 e. The molecule has 0 fully saturated rings. The molecule has 0 saturated carbocycles. The first-order valence-electron chi connectivity index (χ1n) is 6.80. The molecular weight excluding hydrogens is 308 g/mol. The molecule has 122 valence electrons. The number of halogens is 3. The number of nitrogens with two attached hydrogens (primary N) is 1. The predicted molar refractivity (Wildman–Crippen MR) is 87.6 cm³/mol. The molecule has 0 bridgehead atoms. The number of rotatable bonds is 2. The monoisotopic (exact) mass is 329 g/mol. The fourth-order valence-electron chi connectivity index (χ4n) is 1.68. The molecule has 2 aromatic rings. The van der Waals surface area contributed by atoms with Gasteiger partial charge in [0.1, 0.15) is 11.6 Å². The van der Waals surface area contributed by atoms with Gasteiger partial charge in [0.25, 0.3) is 0 Å². The molecule has 0 aliphatic carbocycles. The van der Waals surface area contributed by atoms with Gasteiger partial charge in [0.05, 0.1) is 19.0 Å². The van der Waals surface area contributed by atoms with Crippen molar-refractivity contribution in [1.82, 2.24) is 0 Å². The van der Waals surface area contributed by atoms with E-state index in [1.807, 2.05) is 30.3 Å². The Kier molecular flexibility index (Phi) is 11.3. The fourth-order valence-corrected chi connectivity index (χ4v) is 1.68. The summed E-state index contributed by atoms with van der Waals surface area (Å²) in [5.74, 6) is -1.02. The third-order valence-corrected chi connectivity index (χ3v) is 2.66. The summed E-state index contributed by atoms with van der Waals surface area (Å²) >= 11 is 4.50. The van der Waals surface area contributed by atoms with Crippen molar-refractivity contribution in [3.8, 4) is 0 Å². The fraction of sp³-hybridized carbons (Fsp3) is 0.294. The van der Waals surface area contributed by atoms with Gasteiger partial charge in [0.15, 0.2) is 0 Å². The Morgan fingerprint density at radius 2 is 1.45 bits per heavy atom. The Bertz CT molecular complexity index is 501. The Morgan fingerprint density at radius 3 is 1.73 bits per heavy atom. The molecule has 0 amide bonds. The maximum Gasteiger partial charge on any atom is 0.129 e. The molecule has 0 spiro atoms. The second-order valence-electron chi connectivity index (χ2n) is 4.63. The van der Waals surface area contributed by atoms with Crippen LogP contribution in [0.4, 0.5) is 8.78 Å². The van der Waals surface area contributed by atoms with Crippen molar-refractivity contribution in [2.75, 3.05) is 7.11 Å². The standard InChI is InChI=1S/C9H10F2.C7H9N.CH3ClO/c1-6(2)9-7(10)4-3-5-8(9)11;8-6-7-4-2-1-3-5-7;1-3-2/h3-6H,1-2H3;1-5H,6,8H2;1H3. The summed E-state index contributed by atoms with van der Waals surface area (Å²) < 4.78 is 29.4. The first-order chi connectivity index (χ1) is 10.5. The van der Waals surface area contributed by atoms with Crippen LogP contribution in [0.15, 0.2) is 48.5 Å². The third-order valence-electron chi connectivity index (χ3n) is 2.66. The SMILES string of the molecule is CC(C)c1c(F)cccc1F.COCl.NCc1ccccc1. The second-order valence-corrected chi connectivity index (χ2v) is 4.94. The van der Waals surface area contributed by atoms with Gasteiger partial charge in [-0.1, -0.05) is 50.2 Å². The summed E-state index contributed by atoms with van der Waals surface area (Å²) in [6.45, 7) is 4.17. The summed E-state index contributed by atoms with van der Waals surface area (Å²) in [5.41, 5.74) is 6.71. The Balaban J connectivity index is 0.000000352. The van der Waals surface area contributed by atoms with Crippen molar-refractivity contribution in [1.29, 1.82) is 0 Å². The van der Waals surface area contributed by atoms with E-state index in [1.165, 1.54) is 30.9 Å². The molecule has 0 unspecified atom stereocenters. The van der Waals surface area contributed by atoms with Gasteiger partial charge in [-0.2, -0.15) is 0 Å². The van der Waals surface area contributed by atoms with Crippen LogP contribution in [0, 0.1) is 11.6 Å². The van der Waals surface area contributed by atoms with E-state index in [4.69, 9.17) is 5.73 Å². The maximum absolute atomic E-state index is 12.9. The van der Waals surface area contributed by atoms with E-state index in [9.17, 15) is 8.78 Å². The van der Waals surface area contributed by atoms with Gasteiger partial charge in [-0.25, -0.2) is 8.78 Å². The smallest absolute Gasteiger partial charge is 0.129 e. The summed E-state index contributed by atoms with van der Waals surface area (Å²) in [7, 11) is 1.39. The molecule has 0 radical (unpaired) electrons. The van der Waals surface area contributed by atoms with Crippen LogP contribution in [-0.4, -0.2) is 7.11 Å². The first kappa shape index (κ1) is 20.5. The average molecular weight is 330 g/mol. The normalized spacial score (nSPS) is 9.45. The Hall–Kier alpha value is -1.49. The van der Waals surface area contributed by atoms with Gasteiger partial charge in [0.2, 0.25) is 0 Å². The lowest BCUT2D eigenvalue weighted by atomic mass is 10.0. The van der Waals surface area contributed by atoms with Gasteiger partial charge in [-0.3, -0.25) is 4.29 Å². The molecule has 2 aromatic carbocycles. The first-order valence-corrected chi connectivity index (χ1v) is 7.11. The predicted octanol–water partition coefficient (Wildman–Crippen LogP) is 5.02. The number of hydrogen-bond donors (Lipinski definition) is 1. The van der Waals surface area contributed by atoms with Gasteiger partial charge in [-0.15, -0.1) is 0 Å². The van der Waals surface area contributed by atoms with Crippen LogP contribution in [-0.2, 0) is 10.8 Å². The summed E-state index contributed by atoms with van der Waals surface area (Å²) in [4.78, 5) is 0. The molecular formula is C17H22ClF2NO. The summed E-state index contributed by atoms with van der Waals surface area (Å²) in [5, 5.41) is 0. The van der Waals surface area contributed by atoms with Gasteiger partial charge < -0.3 is 5.73 Å². The van der Waals surface area contributed by atoms with Crippen LogP contribution in [0.5, 0.6) is 0 Å². The van der Waals surface area contributed by atoms with Gasteiger partial charge in [0, 0.05) is 12.1 Å². The zero-order chi connectivity index (χ0) is 17.0. The van der Waals surface area contributed by atoms with Crippen molar-refractivity contribution < 1.29 is 13.1 Å². The van der Waals surface area contributed by atoms with E-state index < -0.39 is 11.6 Å². The minimum absolute atomic E-state index is 0.101.